The first-order valence-electron chi connectivity index (χ1n) is 10.5. The standard InChI is InChI=1S/C24H25N5O/c30-24(19-6-2-1-3-7-19)22-17-29(27-26-22)21-11-14-28(15-12-21)16-20-9-4-8-18-10-5-13-25-23(18)20/h1-10,13,17,21,24,30H,11-12,14-16H2. The minimum Gasteiger partial charge on any atom is -0.382 e. The molecular formula is C24H25N5O. The van der Waals surface area contributed by atoms with Gasteiger partial charge in [0.1, 0.15) is 11.8 Å². The van der Waals surface area contributed by atoms with E-state index in [0.717, 1.165) is 43.6 Å². The van der Waals surface area contributed by atoms with Crippen molar-refractivity contribution in [1.82, 2.24) is 24.9 Å². The summed E-state index contributed by atoms with van der Waals surface area (Å²) in [6.07, 6.45) is 5.06. The van der Waals surface area contributed by atoms with Crippen LogP contribution in [0.4, 0.5) is 0 Å². The van der Waals surface area contributed by atoms with Crippen LogP contribution in [-0.2, 0) is 6.54 Å². The zero-order valence-electron chi connectivity index (χ0n) is 16.8. The average Bonchev–Trinajstić information content (AvgIpc) is 3.30. The molecule has 5 rings (SSSR count). The number of aliphatic hydroxyl groups excluding tert-OH is 1. The quantitative estimate of drug-likeness (QED) is 0.554. The van der Waals surface area contributed by atoms with Gasteiger partial charge in [-0.3, -0.25) is 9.88 Å². The van der Waals surface area contributed by atoms with Crippen LogP contribution in [0.2, 0.25) is 0 Å². The second-order valence-electron chi connectivity index (χ2n) is 7.94. The Labute approximate surface area is 175 Å². The molecule has 1 aliphatic rings. The monoisotopic (exact) mass is 399 g/mol. The number of pyridine rings is 1. The third kappa shape index (κ3) is 3.84. The summed E-state index contributed by atoms with van der Waals surface area (Å²) in [5, 5.41) is 20.3. The second-order valence-corrected chi connectivity index (χ2v) is 7.94. The normalized spacial score (nSPS) is 16.7. The van der Waals surface area contributed by atoms with Gasteiger partial charge in [-0.25, -0.2) is 4.68 Å². The molecule has 1 N–H and O–H groups in total. The second kappa shape index (κ2) is 8.34. The summed E-state index contributed by atoms with van der Waals surface area (Å²) in [6.45, 7) is 2.92. The maximum atomic E-state index is 10.6. The number of piperidine rings is 1. The van der Waals surface area contributed by atoms with Crippen molar-refractivity contribution in [3.05, 3.63) is 89.9 Å². The fraction of sp³-hybridized carbons (Fsp3) is 0.292. The Bertz CT molecular complexity index is 1110. The van der Waals surface area contributed by atoms with Gasteiger partial charge in [-0.2, -0.15) is 0 Å². The third-order valence-corrected chi connectivity index (χ3v) is 5.96. The van der Waals surface area contributed by atoms with Crippen LogP contribution in [0.5, 0.6) is 0 Å². The van der Waals surface area contributed by atoms with Crippen molar-refractivity contribution in [2.45, 2.75) is 31.5 Å². The van der Waals surface area contributed by atoms with E-state index in [9.17, 15) is 5.11 Å². The zero-order chi connectivity index (χ0) is 20.3. The predicted octanol–water partition coefficient (Wildman–Crippen LogP) is 3.75. The van der Waals surface area contributed by atoms with Gasteiger partial charge in [0.05, 0.1) is 17.8 Å². The molecule has 1 fully saturated rings. The number of benzene rings is 2. The number of fused-ring (bicyclic) bond motifs is 1. The molecule has 1 saturated heterocycles. The third-order valence-electron chi connectivity index (χ3n) is 5.96. The number of rotatable bonds is 5. The minimum absolute atomic E-state index is 0.316. The highest BCUT2D eigenvalue weighted by Crippen LogP contribution is 2.26. The van der Waals surface area contributed by atoms with Crippen molar-refractivity contribution in [3.63, 3.8) is 0 Å². The highest BCUT2D eigenvalue weighted by atomic mass is 16.3. The largest absolute Gasteiger partial charge is 0.382 e. The first-order valence-corrected chi connectivity index (χ1v) is 10.5. The highest BCUT2D eigenvalue weighted by molar-refractivity contribution is 5.81. The molecule has 6 heteroatoms. The minimum atomic E-state index is -0.737. The molecule has 4 aromatic rings. The number of hydrogen-bond donors (Lipinski definition) is 1. The lowest BCUT2D eigenvalue weighted by Gasteiger charge is -2.31. The molecule has 152 valence electrons. The summed E-state index contributed by atoms with van der Waals surface area (Å²) in [5.41, 5.74) is 3.81. The number of hydrogen-bond acceptors (Lipinski definition) is 5. The average molecular weight is 399 g/mol. The smallest absolute Gasteiger partial charge is 0.124 e. The topological polar surface area (TPSA) is 67.1 Å². The Hall–Kier alpha value is -3.09. The van der Waals surface area contributed by atoms with E-state index in [1.54, 1.807) is 0 Å². The molecule has 1 unspecified atom stereocenters. The van der Waals surface area contributed by atoms with E-state index in [1.165, 1.54) is 10.9 Å². The molecule has 3 heterocycles. The fourth-order valence-corrected chi connectivity index (χ4v) is 4.28. The maximum Gasteiger partial charge on any atom is 0.124 e. The van der Waals surface area contributed by atoms with Gasteiger partial charge in [-0.05, 0) is 30.0 Å². The van der Waals surface area contributed by atoms with E-state index in [2.05, 4.69) is 44.5 Å². The van der Waals surface area contributed by atoms with Crippen molar-refractivity contribution in [1.29, 1.82) is 0 Å². The lowest BCUT2D eigenvalue weighted by molar-refractivity contribution is 0.172. The molecule has 30 heavy (non-hydrogen) atoms. The van der Waals surface area contributed by atoms with Crippen molar-refractivity contribution in [2.24, 2.45) is 0 Å². The van der Waals surface area contributed by atoms with Crippen LogP contribution in [0.1, 0.15) is 41.8 Å². The van der Waals surface area contributed by atoms with Crippen molar-refractivity contribution in [2.75, 3.05) is 13.1 Å². The van der Waals surface area contributed by atoms with Crippen LogP contribution < -0.4 is 0 Å². The van der Waals surface area contributed by atoms with Crippen LogP contribution in [0.15, 0.2) is 73.1 Å². The Kier molecular flexibility index (Phi) is 5.26. The summed E-state index contributed by atoms with van der Waals surface area (Å²) >= 11 is 0. The summed E-state index contributed by atoms with van der Waals surface area (Å²) in [7, 11) is 0. The van der Waals surface area contributed by atoms with Crippen molar-refractivity contribution < 1.29 is 5.11 Å². The Morgan fingerprint density at radius 3 is 2.60 bits per heavy atom. The first kappa shape index (κ1) is 18.9. The maximum absolute atomic E-state index is 10.6. The molecule has 0 bridgehead atoms. The molecule has 0 spiro atoms. The number of likely N-dealkylation sites (tertiary alicyclic amines) is 1. The summed E-state index contributed by atoms with van der Waals surface area (Å²) < 4.78 is 1.93. The van der Waals surface area contributed by atoms with Gasteiger partial charge in [0.25, 0.3) is 0 Å². The van der Waals surface area contributed by atoms with Gasteiger partial charge < -0.3 is 5.11 Å². The highest BCUT2D eigenvalue weighted by Gasteiger charge is 2.23. The summed E-state index contributed by atoms with van der Waals surface area (Å²) in [5.74, 6) is 0. The molecule has 2 aromatic carbocycles. The molecule has 2 aromatic heterocycles. The van der Waals surface area contributed by atoms with Crippen LogP contribution in [0.3, 0.4) is 0 Å². The Morgan fingerprint density at radius 1 is 0.967 bits per heavy atom. The van der Waals surface area contributed by atoms with E-state index in [4.69, 9.17) is 0 Å². The van der Waals surface area contributed by atoms with Gasteiger partial charge >= 0.3 is 0 Å². The van der Waals surface area contributed by atoms with Gasteiger partial charge in [-0.1, -0.05) is 59.8 Å². The summed E-state index contributed by atoms with van der Waals surface area (Å²) in [4.78, 5) is 7.06. The molecule has 1 aliphatic heterocycles. The fourth-order valence-electron chi connectivity index (χ4n) is 4.28. The Balaban J connectivity index is 1.23. The molecule has 0 amide bonds. The van der Waals surface area contributed by atoms with E-state index >= 15 is 0 Å². The predicted molar refractivity (Wildman–Crippen MR) is 116 cm³/mol. The van der Waals surface area contributed by atoms with Gasteiger partial charge in [-0.15, -0.1) is 5.10 Å². The number of aliphatic hydroxyl groups is 1. The zero-order valence-corrected chi connectivity index (χ0v) is 16.8. The van der Waals surface area contributed by atoms with E-state index in [0.29, 0.717) is 11.7 Å². The summed E-state index contributed by atoms with van der Waals surface area (Å²) in [6, 6.07) is 20.4. The van der Waals surface area contributed by atoms with Gasteiger partial charge in [0, 0.05) is 31.2 Å². The molecule has 6 nitrogen and oxygen atoms in total. The van der Waals surface area contributed by atoms with Crippen LogP contribution in [0, 0.1) is 0 Å². The van der Waals surface area contributed by atoms with Crippen molar-refractivity contribution >= 4 is 10.9 Å². The van der Waals surface area contributed by atoms with E-state index in [1.807, 2.05) is 53.5 Å². The molecular weight excluding hydrogens is 374 g/mol. The van der Waals surface area contributed by atoms with E-state index in [-0.39, 0.29) is 0 Å². The first-order chi connectivity index (χ1) is 14.8. The molecule has 0 aliphatic carbocycles. The molecule has 0 radical (unpaired) electrons. The number of para-hydroxylation sites is 1. The van der Waals surface area contributed by atoms with Crippen LogP contribution in [-0.4, -0.2) is 43.1 Å². The van der Waals surface area contributed by atoms with Crippen LogP contribution >= 0.6 is 0 Å². The lowest BCUT2D eigenvalue weighted by Crippen LogP contribution is -2.34. The van der Waals surface area contributed by atoms with Gasteiger partial charge in [0.2, 0.25) is 0 Å². The molecule has 0 saturated carbocycles. The molecule has 1 atom stereocenters. The Morgan fingerprint density at radius 2 is 1.77 bits per heavy atom. The van der Waals surface area contributed by atoms with Gasteiger partial charge in [0.15, 0.2) is 0 Å². The van der Waals surface area contributed by atoms with Crippen molar-refractivity contribution in [3.8, 4) is 0 Å². The lowest BCUT2D eigenvalue weighted by atomic mass is 10.0. The number of nitrogens with zero attached hydrogens (tertiary/aromatic N) is 5. The SMILES string of the molecule is OC(c1ccccc1)c1cn(C2CCN(Cc3cccc4cccnc34)CC2)nn1. The van der Waals surface area contributed by atoms with E-state index < -0.39 is 6.10 Å². The van der Waals surface area contributed by atoms with Crippen LogP contribution in [0.25, 0.3) is 10.9 Å². The number of aromatic nitrogens is 4.